The molecular weight excluding hydrogens is 368 g/mol. The number of carbonyl (C=O) groups is 1. The second-order valence-corrected chi connectivity index (χ2v) is 8.10. The molecule has 1 heterocycles. The molecule has 0 bridgehead atoms. The lowest BCUT2D eigenvalue weighted by Gasteiger charge is -2.34. The van der Waals surface area contributed by atoms with Crippen LogP contribution in [0.15, 0.2) is 53.5 Å². The lowest BCUT2D eigenvalue weighted by atomic mass is 10.1. The van der Waals surface area contributed by atoms with Crippen molar-refractivity contribution in [3.63, 3.8) is 0 Å². The van der Waals surface area contributed by atoms with Gasteiger partial charge in [0.25, 0.3) is 0 Å². The molecule has 0 saturated carbocycles. The van der Waals surface area contributed by atoms with Gasteiger partial charge in [-0.2, -0.15) is 0 Å². The van der Waals surface area contributed by atoms with Crippen LogP contribution >= 0.6 is 11.8 Å². The summed E-state index contributed by atoms with van der Waals surface area (Å²) in [5.74, 6) is 0.327. The van der Waals surface area contributed by atoms with Gasteiger partial charge in [-0.3, -0.25) is 4.79 Å². The standard InChI is InChI=1S/C22H28N4OS/c1-17-9-10-20(15-18(17)2)23-21(27)16-28-22(24-19-7-5-4-6-8-19)26-13-11-25(3)12-14-26/h4-10,15H,11-14,16H2,1-3H3,(H,23,27). The van der Waals surface area contributed by atoms with E-state index in [0.717, 1.165) is 42.7 Å². The summed E-state index contributed by atoms with van der Waals surface area (Å²) >= 11 is 1.50. The summed E-state index contributed by atoms with van der Waals surface area (Å²) in [6.45, 7) is 7.98. The Morgan fingerprint density at radius 2 is 1.75 bits per heavy atom. The first-order valence-electron chi connectivity index (χ1n) is 9.58. The van der Waals surface area contributed by atoms with Gasteiger partial charge in [0.05, 0.1) is 11.4 Å². The lowest BCUT2D eigenvalue weighted by molar-refractivity contribution is -0.113. The molecule has 0 unspecified atom stereocenters. The fourth-order valence-electron chi connectivity index (χ4n) is 2.95. The second kappa shape index (κ2) is 9.75. The van der Waals surface area contributed by atoms with Crippen LogP contribution in [0.5, 0.6) is 0 Å². The van der Waals surface area contributed by atoms with E-state index in [-0.39, 0.29) is 5.91 Å². The maximum atomic E-state index is 12.5. The second-order valence-electron chi connectivity index (χ2n) is 7.16. The van der Waals surface area contributed by atoms with Crippen molar-refractivity contribution in [2.75, 3.05) is 44.3 Å². The number of amidine groups is 1. The van der Waals surface area contributed by atoms with Crippen LogP contribution in [0.4, 0.5) is 11.4 Å². The summed E-state index contributed by atoms with van der Waals surface area (Å²) in [5.41, 5.74) is 4.15. The molecular formula is C22H28N4OS. The van der Waals surface area contributed by atoms with Gasteiger partial charge in [-0.05, 0) is 56.3 Å². The molecule has 0 aromatic heterocycles. The molecule has 6 heteroatoms. The zero-order chi connectivity index (χ0) is 19.9. The molecule has 0 aliphatic carbocycles. The molecule has 2 aromatic rings. The van der Waals surface area contributed by atoms with Crippen molar-refractivity contribution >= 4 is 34.2 Å². The third kappa shape index (κ3) is 5.84. The van der Waals surface area contributed by atoms with E-state index in [0.29, 0.717) is 5.75 Å². The minimum atomic E-state index is -0.0110. The predicted octanol–water partition coefficient (Wildman–Crippen LogP) is 3.91. The zero-order valence-corrected chi connectivity index (χ0v) is 17.6. The van der Waals surface area contributed by atoms with Crippen molar-refractivity contribution in [3.05, 3.63) is 59.7 Å². The number of nitrogens with zero attached hydrogens (tertiary/aromatic N) is 3. The SMILES string of the molecule is Cc1ccc(NC(=O)CSC(=Nc2ccccc2)N2CCN(C)CC2)cc1C. The number of benzene rings is 2. The average Bonchev–Trinajstić information content (AvgIpc) is 2.69. The molecule has 1 aliphatic rings. The summed E-state index contributed by atoms with van der Waals surface area (Å²) in [4.78, 5) is 21.9. The number of piperazine rings is 1. The summed E-state index contributed by atoms with van der Waals surface area (Å²) in [6, 6.07) is 15.9. The maximum absolute atomic E-state index is 12.5. The molecule has 2 aromatic carbocycles. The van der Waals surface area contributed by atoms with E-state index in [4.69, 9.17) is 4.99 Å². The summed E-state index contributed by atoms with van der Waals surface area (Å²) in [6.07, 6.45) is 0. The van der Waals surface area contributed by atoms with Gasteiger partial charge in [0.15, 0.2) is 5.17 Å². The Bertz CT molecular complexity index is 830. The largest absolute Gasteiger partial charge is 0.349 e. The van der Waals surface area contributed by atoms with E-state index in [1.165, 1.54) is 22.9 Å². The van der Waals surface area contributed by atoms with Crippen molar-refractivity contribution < 1.29 is 4.79 Å². The minimum absolute atomic E-state index is 0.0110. The Morgan fingerprint density at radius 1 is 1.04 bits per heavy atom. The Labute approximate surface area is 171 Å². The maximum Gasteiger partial charge on any atom is 0.234 e. The van der Waals surface area contributed by atoms with E-state index in [1.807, 2.05) is 48.5 Å². The highest BCUT2D eigenvalue weighted by Gasteiger charge is 2.19. The predicted molar refractivity (Wildman–Crippen MR) is 120 cm³/mol. The smallest absolute Gasteiger partial charge is 0.234 e. The number of amides is 1. The van der Waals surface area contributed by atoms with E-state index >= 15 is 0 Å². The van der Waals surface area contributed by atoms with Gasteiger partial charge < -0.3 is 15.1 Å². The molecule has 148 valence electrons. The van der Waals surface area contributed by atoms with Crippen LogP contribution < -0.4 is 5.32 Å². The van der Waals surface area contributed by atoms with Gasteiger partial charge in [0.2, 0.25) is 5.91 Å². The number of para-hydroxylation sites is 1. The van der Waals surface area contributed by atoms with Gasteiger partial charge in [0.1, 0.15) is 0 Å². The lowest BCUT2D eigenvalue weighted by Crippen LogP contribution is -2.46. The van der Waals surface area contributed by atoms with Crippen molar-refractivity contribution in [2.24, 2.45) is 4.99 Å². The molecule has 1 amide bonds. The number of carbonyl (C=O) groups excluding carboxylic acids is 1. The summed E-state index contributed by atoms with van der Waals surface area (Å²) in [5, 5.41) is 3.91. The first-order chi connectivity index (χ1) is 13.5. The molecule has 1 saturated heterocycles. The number of thioether (sulfide) groups is 1. The van der Waals surface area contributed by atoms with Gasteiger partial charge in [0, 0.05) is 31.9 Å². The fourth-order valence-corrected chi connectivity index (χ4v) is 3.82. The number of hydrogen-bond donors (Lipinski definition) is 1. The van der Waals surface area contributed by atoms with Crippen molar-refractivity contribution in [2.45, 2.75) is 13.8 Å². The monoisotopic (exact) mass is 396 g/mol. The van der Waals surface area contributed by atoms with E-state index in [2.05, 4.69) is 36.0 Å². The third-order valence-electron chi connectivity index (χ3n) is 4.88. The normalized spacial score (nSPS) is 15.5. The fraction of sp³-hybridized carbons (Fsp3) is 0.364. The number of aliphatic imine (C=N–C) groups is 1. The highest BCUT2D eigenvalue weighted by molar-refractivity contribution is 8.14. The number of aryl methyl sites for hydroxylation is 2. The molecule has 0 spiro atoms. The number of hydrogen-bond acceptors (Lipinski definition) is 4. The highest BCUT2D eigenvalue weighted by atomic mass is 32.2. The molecule has 0 atom stereocenters. The molecule has 3 rings (SSSR count). The number of rotatable bonds is 4. The highest BCUT2D eigenvalue weighted by Crippen LogP contribution is 2.20. The van der Waals surface area contributed by atoms with Gasteiger partial charge in [-0.15, -0.1) is 0 Å². The number of likely N-dealkylation sites (N-methyl/N-ethyl adjacent to an activating group) is 1. The van der Waals surface area contributed by atoms with Gasteiger partial charge in [-0.1, -0.05) is 36.0 Å². The van der Waals surface area contributed by atoms with E-state index < -0.39 is 0 Å². The van der Waals surface area contributed by atoms with Crippen LogP contribution in [-0.2, 0) is 4.79 Å². The molecule has 1 aliphatic heterocycles. The van der Waals surface area contributed by atoms with Gasteiger partial charge >= 0.3 is 0 Å². The zero-order valence-electron chi connectivity index (χ0n) is 16.8. The summed E-state index contributed by atoms with van der Waals surface area (Å²) in [7, 11) is 2.13. The summed E-state index contributed by atoms with van der Waals surface area (Å²) < 4.78 is 0. The Hall–Kier alpha value is -2.31. The quantitative estimate of drug-likeness (QED) is 0.629. The van der Waals surface area contributed by atoms with Crippen LogP contribution in [-0.4, -0.2) is 59.9 Å². The van der Waals surface area contributed by atoms with Crippen LogP contribution in [0.25, 0.3) is 0 Å². The Balaban J connectivity index is 1.66. The average molecular weight is 397 g/mol. The first-order valence-corrected chi connectivity index (χ1v) is 10.6. The Morgan fingerprint density at radius 3 is 2.43 bits per heavy atom. The number of nitrogens with one attached hydrogen (secondary N) is 1. The minimum Gasteiger partial charge on any atom is -0.349 e. The van der Waals surface area contributed by atoms with Gasteiger partial charge in [-0.25, -0.2) is 4.99 Å². The topological polar surface area (TPSA) is 47.9 Å². The molecule has 5 nitrogen and oxygen atoms in total. The van der Waals surface area contributed by atoms with Crippen molar-refractivity contribution in [1.82, 2.24) is 9.80 Å². The number of anilines is 1. The third-order valence-corrected chi connectivity index (χ3v) is 5.89. The van der Waals surface area contributed by atoms with Crippen LogP contribution in [0.2, 0.25) is 0 Å². The van der Waals surface area contributed by atoms with E-state index in [1.54, 1.807) is 0 Å². The van der Waals surface area contributed by atoms with E-state index in [9.17, 15) is 4.79 Å². The van der Waals surface area contributed by atoms with Crippen LogP contribution in [0.3, 0.4) is 0 Å². The van der Waals surface area contributed by atoms with Crippen LogP contribution in [0, 0.1) is 13.8 Å². The molecule has 0 radical (unpaired) electrons. The van der Waals surface area contributed by atoms with Crippen molar-refractivity contribution in [3.8, 4) is 0 Å². The van der Waals surface area contributed by atoms with Crippen molar-refractivity contribution in [1.29, 1.82) is 0 Å². The molecule has 1 N–H and O–H groups in total. The molecule has 1 fully saturated rings. The van der Waals surface area contributed by atoms with Crippen LogP contribution in [0.1, 0.15) is 11.1 Å². The Kier molecular flexibility index (Phi) is 7.12. The molecule has 28 heavy (non-hydrogen) atoms. The first kappa shape index (κ1) is 20.4.